The zero-order valence-corrected chi connectivity index (χ0v) is 10.4. The van der Waals surface area contributed by atoms with Crippen molar-refractivity contribution in [3.63, 3.8) is 0 Å². The van der Waals surface area contributed by atoms with E-state index in [1.165, 1.54) is 6.20 Å². The third kappa shape index (κ3) is 2.63. The number of hydrogen-bond acceptors (Lipinski definition) is 2. The van der Waals surface area contributed by atoms with Gasteiger partial charge >= 0.3 is 6.18 Å². The average molecular weight is 269 g/mol. The highest BCUT2D eigenvalue weighted by Gasteiger charge is 2.38. The van der Waals surface area contributed by atoms with Gasteiger partial charge in [0.25, 0.3) is 0 Å². The monoisotopic (exact) mass is 269 g/mol. The van der Waals surface area contributed by atoms with E-state index >= 15 is 0 Å². The lowest BCUT2D eigenvalue weighted by atomic mass is 10.1. The minimum absolute atomic E-state index is 0.123. The second-order valence-electron chi connectivity index (χ2n) is 4.25. The van der Waals surface area contributed by atoms with Gasteiger partial charge < -0.3 is 5.73 Å². The molecule has 0 aliphatic rings. The highest BCUT2D eigenvalue weighted by molar-refractivity contribution is 5.42. The van der Waals surface area contributed by atoms with Gasteiger partial charge in [-0.05, 0) is 31.5 Å². The molecule has 0 saturated carbocycles. The van der Waals surface area contributed by atoms with Crippen LogP contribution in [-0.4, -0.2) is 16.3 Å². The summed E-state index contributed by atoms with van der Waals surface area (Å²) in [4.78, 5) is 0. The van der Waals surface area contributed by atoms with Crippen molar-refractivity contribution in [1.82, 2.24) is 9.78 Å². The maximum atomic E-state index is 13.2. The van der Waals surface area contributed by atoms with Crippen molar-refractivity contribution in [1.29, 1.82) is 0 Å². The van der Waals surface area contributed by atoms with Crippen molar-refractivity contribution in [3.8, 4) is 5.69 Å². The van der Waals surface area contributed by atoms with Crippen molar-refractivity contribution in [3.05, 3.63) is 47.3 Å². The molecule has 1 aromatic carbocycles. The van der Waals surface area contributed by atoms with Crippen molar-refractivity contribution in [2.75, 3.05) is 6.54 Å². The smallest absolute Gasteiger partial charge is 0.330 e. The molecule has 0 spiro atoms. The predicted molar refractivity (Wildman–Crippen MR) is 66.1 cm³/mol. The minimum Gasteiger partial charge on any atom is -0.330 e. The van der Waals surface area contributed by atoms with Crippen LogP contribution in [0.5, 0.6) is 0 Å². The molecule has 6 heteroatoms. The van der Waals surface area contributed by atoms with Gasteiger partial charge in [-0.25, -0.2) is 4.68 Å². The van der Waals surface area contributed by atoms with Crippen LogP contribution in [0, 0.1) is 6.92 Å². The summed E-state index contributed by atoms with van der Waals surface area (Å²) >= 11 is 0. The molecule has 19 heavy (non-hydrogen) atoms. The summed E-state index contributed by atoms with van der Waals surface area (Å²) in [6, 6.07) is 6.83. The summed E-state index contributed by atoms with van der Waals surface area (Å²) in [5.74, 6) is 0. The van der Waals surface area contributed by atoms with E-state index in [1.54, 1.807) is 31.2 Å². The van der Waals surface area contributed by atoms with Gasteiger partial charge in [0.1, 0.15) is 0 Å². The Bertz CT molecular complexity index is 573. The lowest BCUT2D eigenvalue weighted by molar-refractivity contribution is -0.143. The number of para-hydroxylation sites is 1. The first-order chi connectivity index (χ1) is 8.95. The summed E-state index contributed by atoms with van der Waals surface area (Å²) in [5, 5.41) is 3.87. The second kappa shape index (κ2) is 5.05. The first-order valence-electron chi connectivity index (χ1n) is 5.85. The predicted octanol–water partition coefficient (Wildman–Crippen LogP) is 2.70. The van der Waals surface area contributed by atoms with Crippen molar-refractivity contribution in [2.45, 2.75) is 19.5 Å². The molecule has 1 heterocycles. The summed E-state index contributed by atoms with van der Waals surface area (Å²) in [6.07, 6.45) is -3.06. The number of aryl methyl sites for hydroxylation is 1. The number of aromatic nitrogens is 2. The maximum absolute atomic E-state index is 13.2. The van der Waals surface area contributed by atoms with E-state index in [9.17, 15) is 13.2 Å². The third-order valence-corrected chi connectivity index (χ3v) is 2.87. The topological polar surface area (TPSA) is 43.8 Å². The number of benzene rings is 1. The molecule has 0 bridgehead atoms. The normalized spacial score (nSPS) is 11.8. The molecule has 0 radical (unpaired) electrons. The van der Waals surface area contributed by atoms with Gasteiger partial charge in [-0.15, -0.1) is 0 Å². The number of halogens is 3. The summed E-state index contributed by atoms with van der Waals surface area (Å²) in [7, 11) is 0. The SMILES string of the molecule is Cc1ccccc1-n1ncc(CCN)c1C(F)(F)F. The van der Waals surface area contributed by atoms with E-state index in [-0.39, 0.29) is 18.5 Å². The Hall–Kier alpha value is -1.82. The third-order valence-electron chi connectivity index (χ3n) is 2.87. The maximum Gasteiger partial charge on any atom is 0.433 e. The van der Waals surface area contributed by atoms with Crippen LogP contribution in [0.1, 0.15) is 16.8 Å². The van der Waals surface area contributed by atoms with Gasteiger partial charge in [0.05, 0.1) is 11.9 Å². The lowest BCUT2D eigenvalue weighted by Crippen LogP contribution is -2.17. The van der Waals surface area contributed by atoms with E-state index in [2.05, 4.69) is 5.10 Å². The van der Waals surface area contributed by atoms with Gasteiger partial charge in [0.2, 0.25) is 0 Å². The van der Waals surface area contributed by atoms with Crippen LogP contribution < -0.4 is 5.73 Å². The Morgan fingerprint density at radius 3 is 2.53 bits per heavy atom. The number of nitrogens with zero attached hydrogens (tertiary/aromatic N) is 2. The van der Waals surface area contributed by atoms with E-state index in [0.717, 1.165) is 10.2 Å². The summed E-state index contributed by atoms with van der Waals surface area (Å²) in [5.41, 5.74) is 5.89. The van der Waals surface area contributed by atoms with Crippen molar-refractivity contribution >= 4 is 0 Å². The highest BCUT2D eigenvalue weighted by atomic mass is 19.4. The fourth-order valence-electron chi connectivity index (χ4n) is 2.01. The molecule has 0 aliphatic carbocycles. The van der Waals surface area contributed by atoms with Gasteiger partial charge in [-0.2, -0.15) is 18.3 Å². The standard InChI is InChI=1S/C13H14F3N3/c1-9-4-2-3-5-11(9)19-12(13(14,15)16)10(6-7-17)8-18-19/h2-5,8H,6-7,17H2,1H3. The zero-order valence-electron chi connectivity index (χ0n) is 10.4. The first-order valence-corrected chi connectivity index (χ1v) is 5.85. The molecule has 3 nitrogen and oxygen atoms in total. The van der Waals surface area contributed by atoms with Gasteiger partial charge in [-0.1, -0.05) is 18.2 Å². The van der Waals surface area contributed by atoms with Crippen LogP contribution in [0.2, 0.25) is 0 Å². The molecule has 0 unspecified atom stereocenters. The van der Waals surface area contributed by atoms with E-state index < -0.39 is 11.9 Å². The minimum atomic E-state index is -4.46. The largest absolute Gasteiger partial charge is 0.433 e. The molecule has 0 aliphatic heterocycles. The van der Waals surface area contributed by atoms with Gasteiger partial charge in [0, 0.05) is 5.56 Å². The quantitative estimate of drug-likeness (QED) is 0.931. The first kappa shape index (κ1) is 13.6. The fourth-order valence-corrected chi connectivity index (χ4v) is 2.01. The van der Waals surface area contributed by atoms with Crippen LogP contribution in [0.4, 0.5) is 13.2 Å². The van der Waals surface area contributed by atoms with Crippen LogP contribution in [0.25, 0.3) is 5.69 Å². The number of rotatable bonds is 3. The van der Waals surface area contributed by atoms with Crippen LogP contribution in [-0.2, 0) is 12.6 Å². The van der Waals surface area contributed by atoms with E-state index in [1.807, 2.05) is 0 Å². The molecular formula is C13H14F3N3. The molecule has 0 saturated heterocycles. The lowest BCUT2D eigenvalue weighted by Gasteiger charge is -2.14. The number of hydrogen-bond donors (Lipinski definition) is 1. The Kier molecular flexibility index (Phi) is 3.61. The Morgan fingerprint density at radius 1 is 1.26 bits per heavy atom. The number of nitrogens with two attached hydrogens (primary N) is 1. The molecule has 2 aromatic rings. The molecule has 2 N–H and O–H groups in total. The molecule has 1 aromatic heterocycles. The Morgan fingerprint density at radius 2 is 1.95 bits per heavy atom. The molecular weight excluding hydrogens is 255 g/mol. The fraction of sp³-hybridized carbons (Fsp3) is 0.308. The molecule has 0 fully saturated rings. The van der Waals surface area contributed by atoms with Crippen LogP contribution >= 0.6 is 0 Å². The summed E-state index contributed by atoms with van der Waals surface area (Å²) < 4.78 is 40.5. The van der Waals surface area contributed by atoms with E-state index in [0.29, 0.717) is 5.69 Å². The molecule has 0 amide bonds. The molecule has 0 atom stereocenters. The van der Waals surface area contributed by atoms with Gasteiger partial charge in [-0.3, -0.25) is 0 Å². The number of alkyl halides is 3. The van der Waals surface area contributed by atoms with E-state index in [4.69, 9.17) is 5.73 Å². The van der Waals surface area contributed by atoms with Crippen molar-refractivity contribution < 1.29 is 13.2 Å². The second-order valence-corrected chi connectivity index (χ2v) is 4.25. The van der Waals surface area contributed by atoms with Crippen LogP contribution in [0.15, 0.2) is 30.5 Å². The highest BCUT2D eigenvalue weighted by Crippen LogP contribution is 2.34. The average Bonchev–Trinajstić information content (AvgIpc) is 2.73. The summed E-state index contributed by atoms with van der Waals surface area (Å²) in [6.45, 7) is 1.91. The van der Waals surface area contributed by atoms with Gasteiger partial charge in [0.15, 0.2) is 5.69 Å². The Balaban J connectivity index is 2.62. The Labute approximate surface area is 108 Å². The molecule has 2 rings (SSSR count). The zero-order chi connectivity index (χ0) is 14.0. The van der Waals surface area contributed by atoms with Crippen LogP contribution in [0.3, 0.4) is 0 Å². The van der Waals surface area contributed by atoms with Crippen molar-refractivity contribution in [2.24, 2.45) is 5.73 Å². The molecule has 102 valence electrons.